The minimum atomic E-state index is 0.801. The largest absolute Gasteiger partial charge is 0.494 e. The van der Waals surface area contributed by atoms with Crippen molar-refractivity contribution < 1.29 is 4.74 Å². The molecule has 0 atom stereocenters. The van der Waals surface area contributed by atoms with Crippen LogP contribution in [0.2, 0.25) is 0 Å². The van der Waals surface area contributed by atoms with Crippen molar-refractivity contribution >= 4 is 38.5 Å². The third-order valence-corrected chi connectivity index (χ3v) is 4.16. The van der Waals surface area contributed by atoms with Crippen LogP contribution in [0.3, 0.4) is 0 Å². The SMILES string of the molecule is CCSCCCOc1ccc2cc(Br)ccc2c1. The summed E-state index contributed by atoms with van der Waals surface area (Å²) in [7, 11) is 0. The molecule has 0 radical (unpaired) electrons. The Bertz CT molecular complexity index is 513. The third-order valence-electron chi connectivity index (χ3n) is 2.68. The van der Waals surface area contributed by atoms with Crippen LogP contribution < -0.4 is 4.74 Å². The topological polar surface area (TPSA) is 9.23 Å². The molecule has 96 valence electrons. The van der Waals surface area contributed by atoms with Gasteiger partial charge >= 0.3 is 0 Å². The van der Waals surface area contributed by atoms with Crippen LogP contribution >= 0.6 is 27.7 Å². The van der Waals surface area contributed by atoms with Gasteiger partial charge in [-0.25, -0.2) is 0 Å². The van der Waals surface area contributed by atoms with Crippen LogP contribution in [0.4, 0.5) is 0 Å². The van der Waals surface area contributed by atoms with Crippen molar-refractivity contribution in [3.8, 4) is 5.75 Å². The molecular formula is C15H17BrOS. The van der Waals surface area contributed by atoms with E-state index in [-0.39, 0.29) is 0 Å². The van der Waals surface area contributed by atoms with Gasteiger partial charge in [-0.15, -0.1) is 0 Å². The highest BCUT2D eigenvalue weighted by Crippen LogP contribution is 2.24. The standard InChI is InChI=1S/C15H17BrOS/c1-2-18-9-3-8-17-15-7-5-12-10-14(16)6-4-13(12)11-15/h4-7,10-11H,2-3,8-9H2,1H3. The van der Waals surface area contributed by atoms with Gasteiger partial charge < -0.3 is 4.74 Å². The van der Waals surface area contributed by atoms with E-state index in [0.717, 1.165) is 23.2 Å². The van der Waals surface area contributed by atoms with Crippen LogP contribution in [0.1, 0.15) is 13.3 Å². The van der Waals surface area contributed by atoms with Crippen LogP contribution in [-0.4, -0.2) is 18.1 Å². The van der Waals surface area contributed by atoms with E-state index < -0.39 is 0 Å². The van der Waals surface area contributed by atoms with Crippen LogP contribution in [0.15, 0.2) is 40.9 Å². The normalized spacial score (nSPS) is 10.8. The predicted molar refractivity (Wildman–Crippen MR) is 84.8 cm³/mol. The summed E-state index contributed by atoms with van der Waals surface area (Å²) in [6.45, 7) is 2.99. The molecule has 0 aliphatic rings. The van der Waals surface area contributed by atoms with E-state index in [1.54, 1.807) is 0 Å². The van der Waals surface area contributed by atoms with Gasteiger partial charge in [-0.1, -0.05) is 35.0 Å². The van der Waals surface area contributed by atoms with E-state index in [1.807, 2.05) is 17.8 Å². The Morgan fingerprint density at radius 3 is 2.72 bits per heavy atom. The molecule has 0 amide bonds. The number of hydrogen-bond acceptors (Lipinski definition) is 2. The second-order valence-electron chi connectivity index (χ2n) is 4.05. The first-order valence-corrected chi connectivity index (χ1v) is 8.14. The Balaban J connectivity index is 1.95. The van der Waals surface area contributed by atoms with Gasteiger partial charge in [0.25, 0.3) is 0 Å². The molecule has 18 heavy (non-hydrogen) atoms. The van der Waals surface area contributed by atoms with Gasteiger partial charge in [0.1, 0.15) is 5.75 Å². The Morgan fingerprint density at radius 2 is 1.89 bits per heavy atom. The number of ether oxygens (including phenoxy) is 1. The highest BCUT2D eigenvalue weighted by molar-refractivity contribution is 9.10. The molecule has 2 rings (SSSR count). The molecule has 0 spiro atoms. The number of halogens is 1. The zero-order valence-electron chi connectivity index (χ0n) is 10.5. The van der Waals surface area contributed by atoms with E-state index >= 15 is 0 Å². The summed E-state index contributed by atoms with van der Waals surface area (Å²) >= 11 is 5.45. The summed E-state index contributed by atoms with van der Waals surface area (Å²) in [5.74, 6) is 3.33. The average Bonchev–Trinajstić information content (AvgIpc) is 2.38. The fourth-order valence-electron chi connectivity index (χ4n) is 1.78. The third kappa shape index (κ3) is 3.92. The lowest BCUT2D eigenvalue weighted by molar-refractivity contribution is 0.319. The maximum atomic E-state index is 5.77. The van der Waals surface area contributed by atoms with Crippen molar-refractivity contribution in [1.29, 1.82) is 0 Å². The fraction of sp³-hybridized carbons (Fsp3) is 0.333. The van der Waals surface area contributed by atoms with Crippen LogP contribution in [0.25, 0.3) is 10.8 Å². The van der Waals surface area contributed by atoms with Crippen molar-refractivity contribution in [3.05, 3.63) is 40.9 Å². The van der Waals surface area contributed by atoms with Gasteiger partial charge in [0.2, 0.25) is 0 Å². The van der Waals surface area contributed by atoms with Crippen LogP contribution in [0, 0.1) is 0 Å². The quantitative estimate of drug-likeness (QED) is 0.681. The van der Waals surface area contributed by atoms with Gasteiger partial charge in [0.15, 0.2) is 0 Å². The van der Waals surface area contributed by atoms with Crippen molar-refractivity contribution in [2.24, 2.45) is 0 Å². The molecule has 0 aliphatic carbocycles. The van der Waals surface area contributed by atoms with Crippen molar-refractivity contribution in [2.75, 3.05) is 18.1 Å². The Morgan fingerprint density at radius 1 is 1.11 bits per heavy atom. The van der Waals surface area contributed by atoms with E-state index in [2.05, 4.69) is 53.2 Å². The molecule has 0 N–H and O–H groups in total. The first-order valence-electron chi connectivity index (χ1n) is 6.19. The first kappa shape index (κ1) is 13.8. The highest BCUT2D eigenvalue weighted by atomic mass is 79.9. The number of fused-ring (bicyclic) bond motifs is 1. The van der Waals surface area contributed by atoms with Gasteiger partial charge in [-0.3, -0.25) is 0 Å². The average molecular weight is 325 g/mol. The lowest BCUT2D eigenvalue weighted by atomic mass is 10.1. The zero-order valence-corrected chi connectivity index (χ0v) is 12.9. The summed E-state index contributed by atoms with van der Waals surface area (Å²) < 4.78 is 6.88. The lowest BCUT2D eigenvalue weighted by Crippen LogP contribution is -1.98. The molecule has 3 heteroatoms. The minimum Gasteiger partial charge on any atom is -0.494 e. The molecule has 0 bridgehead atoms. The molecule has 0 saturated carbocycles. The maximum absolute atomic E-state index is 5.77. The summed E-state index contributed by atoms with van der Waals surface area (Å²) in [5, 5.41) is 2.46. The van der Waals surface area contributed by atoms with Gasteiger partial charge in [-0.05, 0) is 53.0 Å². The molecule has 0 heterocycles. The van der Waals surface area contributed by atoms with Crippen LogP contribution in [-0.2, 0) is 0 Å². The van der Waals surface area contributed by atoms with E-state index in [0.29, 0.717) is 0 Å². The van der Waals surface area contributed by atoms with Gasteiger partial charge in [0, 0.05) is 4.47 Å². The Kier molecular flexibility index (Phi) is 5.39. The second-order valence-corrected chi connectivity index (χ2v) is 6.36. The van der Waals surface area contributed by atoms with Crippen LogP contribution in [0.5, 0.6) is 5.75 Å². The Hall–Kier alpha value is -0.670. The number of rotatable bonds is 6. The molecule has 1 nitrogen and oxygen atoms in total. The second kappa shape index (κ2) is 7.05. The monoisotopic (exact) mass is 324 g/mol. The van der Waals surface area contributed by atoms with Crippen molar-refractivity contribution in [1.82, 2.24) is 0 Å². The van der Waals surface area contributed by atoms with Crippen molar-refractivity contribution in [3.63, 3.8) is 0 Å². The number of benzene rings is 2. The molecule has 0 aromatic heterocycles. The molecule has 2 aromatic carbocycles. The van der Waals surface area contributed by atoms with E-state index in [4.69, 9.17) is 4.74 Å². The lowest BCUT2D eigenvalue weighted by Gasteiger charge is -2.07. The van der Waals surface area contributed by atoms with Gasteiger partial charge in [0.05, 0.1) is 6.61 Å². The zero-order chi connectivity index (χ0) is 12.8. The summed E-state index contributed by atoms with van der Waals surface area (Å²) in [4.78, 5) is 0. The van der Waals surface area contributed by atoms with Gasteiger partial charge in [-0.2, -0.15) is 11.8 Å². The summed E-state index contributed by atoms with van der Waals surface area (Å²) in [5.41, 5.74) is 0. The van der Waals surface area contributed by atoms with Crippen molar-refractivity contribution in [2.45, 2.75) is 13.3 Å². The van der Waals surface area contributed by atoms with E-state index in [1.165, 1.54) is 22.3 Å². The molecule has 0 fully saturated rings. The number of thioether (sulfide) groups is 1. The predicted octanol–water partition coefficient (Wildman–Crippen LogP) is 5.12. The van der Waals surface area contributed by atoms with E-state index in [9.17, 15) is 0 Å². The highest BCUT2D eigenvalue weighted by Gasteiger charge is 1.98. The first-order chi connectivity index (χ1) is 8.79. The molecular weight excluding hydrogens is 308 g/mol. The Labute approximate surface area is 121 Å². The molecule has 0 unspecified atom stereocenters. The molecule has 2 aromatic rings. The fourth-order valence-corrected chi connectivity index (χ4v) is 2.77. The minimum absolute atomic E-state index is 0.801. The maximum Gasteiger partial charge on any atom is 0.119 e. The summed E-state index contributed by atoms with van der Waals surface area (Å²) in [6, 6.07) is 12.5. The molecule has 0 aliphatic heterocycles. The smallest absolute Gasteiger partial charge is 0.119 e. The number of hydrogen-bond donors (Lipinski definition) is 0. The summed E-state index contributed by atoms with van der Waals surface area (Å²) in [6.07, 6.45) is 1.11. The molecule has 0 saturated heterocycles.